The minimum atomic E-state index is -3.55. The van der Waals surface area contributed by atoms with Crippen LogP contribution in [0.25, 0.3) is 0 Å². The van der Waals surface area contributed by atoms with E-state index in [-0.39, 0.29) is 11.3 Å². The number of phenols is 1. The summed E-state index contributed by atoms with van der Waals surface area (Å²) in [5.41, 5.74) is 0.0674. The van der Waals surface area contributed by atoms with Gasteiger partial charge >= 0.3 is 5.97 Å². The molecule has 0 atom stereocenters. The summed E-state index contributed by atoms with van der Waals surface area (Å²) in [6.07, 6.45) is 0. The van der Waals surface area contributed by atoms with Crippen molar-refractivity contribution in [3.63, 3.8) is 0 Å². The second-order valence-corrected chi connectivity index (χ2v) is 7.07. The average Bonchev–Trinajstić information content (AvgIpc) is 2.47. The molecule has 1 aromatic carbocycles. The number of sulfonamides is 1. The van der Waals surface area contributed by atoms with Crippen molar-refractivity contribution in [2.45, 2.75) is 5.75 Å². The summed E-state index contributed by atoms with van der Waals surface area (Å²) in [4.78, 5) is 12.9. The first-order chi connectivity index (χ1) is 10.9. The lowest BCUT2D eigenvalue weighted by Gasteiger charge is -2.26. The summed E-state index contributed by atoms with van der Waals surface area (Å²) in [5, 5.41) is 18.4. The summed E-state index contributed by atoms with van der Waals surface area (Å²) in [5.74, 6) is -2.03. The molecule has 0 amide bonds. The molecule has 1 aliphatic heterocycles. The van der Waals surface area contributed by atoms with Gasteiger partial charge in [-0.05, 0) is 17.7 Å². The van der Waals surface area contributed by atoms with Crippen molar-refractivity contribution in [3.8, 4) is 5.75 Å². The maximum Gasteiger partial charge on any atom is 0.339 e. The van der Waals surface area contributed by atoms with Gasteiger partial charge in [0.2, 0.25) is 10.0 Å². The number of benzene rings is 1. The van der Waals surface area contributed by atoms with E-state index in [0.717, 1.165) is 19.2 Å². The van der Waals surface area contributed by atoms with Gasteiger partial charge in [0, 0.05) is 26.2 Å². The van der Waals surface area contributed by atoms with Gasteiger partial charge in [-0.25, -0.2) is 17.9 Å². The summed E-state index contributed by atoms with van der Waals surface area (Å²) in [6.45, 7) is 3.77. The topological polar surface area (TPSA) is 116 Å². The summed E-state index contributed by atoms with van der Waals surface area (Å²) in [6, 6.07) is 3.73. The number of nitrogens with one attached hydrogen (secondary N) is 1. The third-order valence-corrected chi connectivity index (χ3v) is 4.86. The highest BCUT2D eigenvalue weighted by Gasteiger charge is 2.16. The quantitative estimate of drug-likeness (QED) is 0.629. The highest BCUT2D eigenvalue weighted by Crippen LogP contribution is 2.20. The van der Waals surface area contributed by atoms with Crippen LogP contribution in [0.1, 0.15) is 15.9 Å². The first-order valence-corrected chi connectivity index (χ1v) is 8.85. The lowest BCUT2D eigenvalue weighted by molar-refractivity contribution is 0.0390. The van der Waals surface area contributed by atoms with Gasteiger partial charge in [-0.1, -0.05) is 6.07 Å². The molecule has 0 radical (unpaired) electrons. The van der Waals surface area contributed by atoms with Crippen LogP contribution in [0.15, 0.2) is 18.2 Å². The van der Waals surface area contributed by atoms with Crippen LogP contribution in [-0.2, 0) is 20.5 Å². The van der Waals surface area contributed by atoms with Gasteiger partial charge < -0.3 is 14.9 Å². The number of hydrogen-bond acceptors (Lipinski definition) is 6. The molecule has 9 heteroatoms. The highest BCUT2D eigenvalue weighted by molar-refractivity contribution is 7.88. The molecule has 23 heavy (non-hydrogen) atoms. The van der Waals surface area contributed by atoms with Crippen LogP contribution in [0.2, 0.25) is 0 Å². The van der Waals surface area contributed by atoms with E-state index >= 15 is 0 Å². The van der Waals surface area contributed by atoms with E-state index in [2.05, 4.69) is 9.62 Å². The van der Waals surface area contributed by atoms with E-state index < -0.39 is 21.7 Å². The molecule has 0 bridgehead atoms. The minimum absolute atomic E-state index is 0.258. The number of carbonyl (C=O) groups is 1. The Morgan fingerprint density at radius 3 is 2.61 bits per heavy atom. The number of ether oxygens (including phenoxy) is 1. The zero-order valence-electron chi connectivity index (χ0n) is 12.6. The lowest BCUT2D eigenvalue weighted by atomic mass is 10.1. The van der Waals surface area contributed by atoms with Crippen LogP contribution in [-0.4, -0.2) is 68.9 Å². The number of hydrogen-bond donors (Lipinski definition) is 3. The van der Waals surface area contributed by atoms with E-state index in [1.807, 2.05) is 0 Å². The van der Waals surface area contributed by atoms with E-state index in [0.29, 0.717) is 31.9 Å². The molecule has 0 aliphatic carbocycles. The molecule has 0 unspecified atom stereocenters. The van der Waals surface area contributed by atoms with Crippen molar-refractivity contribution < 1.29 is 28.2 Å². The Bertz CT molecular complexity index is 655. The number of carboxylic acid groups (broad SMARTS) is 1. The van der Waals surface area contributed by atoms with Crippen molar-refractivity contribution in [1.29, 1.82) is 0 Å². The van der Waals surface area contributed by atoms with Crippen LogP contribution in [0.3, 0.4) is 0 Å². The SMILES string of the molecule is O=C(O)c1ccc(CS(=O)(=O)NCCN2CCOCC2)cc1O. The molecule has 1 fully saturated rings. The largest absolute Gasteiger partial charge is 0.507 e. The molecule has 128 valence electrons. The molecule has 1 heterocycles. The maximum atomic E-state index is 12.0. The summed E-state index contributed by atoms with van der Waals surface area (Å²) < 4.78 is 31.8. The molecule has 0 spiro atoms. The molecule has 1 aromatic rings. The average molecular weight is 344 g/mol. The van der Waals surface area contributed by atoms with Crippen LogP contribution >= 0.6 is 0 Å². The Balaban J connectivity index is 1.87. The second kappa shape index (κ2) is 7.73. The van der Waals surface area contributed by atoms with Crippen LogP contribution in [0.5, 0.6) is 5.75 Å². The van der Waals surface area contributed by atoms with E-state index in [1.54, 1.807) is 0 Å². The Morgan fingerprint density at radius 2 is 2.00 bits per heavy atom. The van der Waals surface area contributed by atoms with E-state index in [9.17, 15) is 18.3 Å². The number of morpholine rings is 1. The Labute approximate surface area is 134 Å². The van der Waals surface area contributed by atoms with Gasteiger partial charge in [0.15, 0.2) is 0 Å². The zero-order chi connectivity index (χ0) is 16.9. The molecule has 3 N–H and O–H groups in total. The van der Waals surface area contributed by atoms with Gasteiger partial charge in [0.05, 0.1) is 19.0 Å². The molecule has 1 saturated heterocycles. The van der Waals surface area contributed by atoms with Gasteiger partial charge in [0.1, 0.15) is 11.3 Å². The molecule has 8 nitrogen and oxygen atoms in total. The van der Waals surface area contributed by atoms with Crippen molar-refractivity contribution in [3.05, 3.63) is 29.3 Å². The normalized spacial score (nSPS) is 16.3. The van der Waals surface area contributed by atoms with Gasteiger partial charge in [0.25, 0.3) is 0 Å². The van der Waals surface area contributed by atoms with Crippen LogP contribution in [0.4, 0.5) is 0 Å². The van der Waals surface area contributed by atoms with E-state index in [1.165, 1.54) is 12.1 Å². The molecule has 2 rings (SSSR count). The number of nitrogens with zero attached hydrogens (tertiary/aromatic N) is 1. The van der Waals surface area contributed by atoms with Gasteiger partial charge in [-0.3, -0.25) is 4.90 Å². The van der Waals surface area contributed by atoms with E-state index in [4.69, 9.17) is 9.84 Å². The predicted molar refractivity (Wildman–Crippen MR) is 83.0 cm³/mol. The van der Waals surface area contributed by atoms with Crippen molar-refractivity contribution >= 4 is 16.0 Å². The smallest absolute Gasteiger partial charge is 0.339 e. The number of rotatable bonds is 7. The second-order valence-electron chi connectivity index (χ2n) is 5.26. The molecule has 0 saturated carbocycles. The predicted octanol–water partition coefficient (Wildman–Crippen LogP) is -0.158. The third-order valence-electron chi connectivity index (χ3n) is 3.50. The third kappa shape index (κ3) is 5.47. The number of aromatic carboxylic acids is 1. The molecular weight excluding hydrogens is 324 g/mol. The highest BCUT2D eigenvalue weighted by atomic mass is 32.2. The van der Waals surface area contributed by atoms with Crippen molar-refractivity contribution in [2.75, 3.05) is 39.4 Å². The summed E-state index contributed by atoms with van der Waals surface area (Å²) in [7, 11) is -3.55. The van der Waals surface area contributed by atoms with Crippen LogP contribution in [0, 0.1) is 0 Å². The van der Waals surface area contributed by atoms with Gasteiger partial charge in [-0.15, -0.1) is 0 Å². The van der Waals surface area contributed by atoms with Crippen molar-refractivity contribution in [1.82, 2.24) is 9.62 Å². The zero-order valence-corrected chi connectivity index (χ0v) is 13.4. The molecule has 0 aromatic heterocycles. The Hall–Kier alpha value is -1.68. The first kappa shape index (κ1) is 17.7. The summed E-state index contributed by atoms with van der Waals surface area (Å²) >= 11 is 0. The van der Waals surface area contributed by atoms with Crippen LogP contribution < -0.4 is 4.72 Å². The molecular formula is C14H20N2O6S. The number of carboxylic acids is 1. The monoisotopic (exact) mass is 344 g/mol. The van der Waals surface area contributed by atoms with Crippen molar-refractivity contribution in [2.24, 2.45) is 0 Å². The standard InChI is InChI=1S/C14H20N2O6S/c17-13-9-11(1-2-12(13)14(18)19)10-23(20,21)15-3-4-16-5-7-22-8-6-16/h1-2,9,15,17H,3-8,10H2,(H,18,19). The fourth-order valence-electron chi connectivity index (χ4n) is 2.30. The lowest BCUT2D eigenvalue weighted by Crippen LogP contribution is -2.41. The fourth-order valence-corrected chi connectivity index (χ4v) is 3.43. The Morgan fingerprint density at radius 1 is 1.30 bits per heavy atom. The molecule has 1 aliphatic rings. The fraction of sp³-hybridized carbons (Fsp3) is 0.500. The van der Waals surface area contributed by atoms with Gasteiger partial charge in [-0.2, -0.15) is 0 Å². The minimum Gasteiger partial charge on any atom is -0.507 e. The first-order valence-electron chi connectivity index (χ1n) is 7.20. The maximum absolute atomic E-state index is 12.0. The Kier molecular flexibility index (Phi) is 5.94. The number of aromatic hydroxyl groups is 1.